The molecule has 1 aliphatic rings. The van der Waals surface area contributed by atoms with Gasteiger partial charge >= 0.3 is 11.7 Å². The first kappa shape index (κ1) is 12.8. The number of aliphatic hydroxyl groups excluding tert-OH is 1. The second-order valence-corrected chi connectivity index (χ2v) is 3.59. The zero-order chi connectivity index (χ0) is 12.1. The summed E-state index contributed by atoms with van der Waals surface area (Å²) in [4.78, 5) is 16.3. The van der Waals surface area contributed by atoms with Crippen molar-refractivity contribution < 1.29 is 24.4 Å². The fraction of sp³-hybridized carbons (Fsp3) is 0.800. The summed E-state index contributed by atoms with van der Waals surface area (Å²) < 4.78 is 4.66. The maximum absolute atomic E-state index is 11.3. The Balaban J connectivity index is 2.64. The summed E-state index contributed by atoms with van der Waals surface area (Å²) in [6.07, 6.45) is 0.463. The van der Waals surface area contributed by atoms with Crippen molar-refractivity contribution >= 4 is 11.7 Å². The number of esters is 1. The fourth-order valence-corrected chi connectivity index (χ4v) is 1.54. The lowest BCUT2D eigenvalue weighted by Gasteiger charge is -2.13. The van der Waals surface area contributed by atoms with Crippen LogP contribution in [0.25, 0.3) is 0 Å². The van der Waals surface area contributed by atoms with Crippen LogP contribution >= 0.6 is 0 Å². The molecule has 92 valence electrons. The second kappa shape index (κ2) is 5.69. The number of carbonyl (C=O) groups excluding carboxylic acids is 1. The monoisotopic (exact) mass is 231 g/mol. The molecule has 6 heteroatoms. The number of nitrogens with zero attached hydrogens (tertiary/aromatic N) is 1. The van der Waals surface area contributed by atoms with E-state index < -0.39 is 18.2 Å². The topological polar surface area (TPSA) is 81.8 Å². The fourth-order valence-electron chi connectivity index (χ4n) is 1.54. The summed E-state index contributed by atoms with van der Waals surface area (Å²) >= 11 is 0. The number of rotatable bonds is 5. The number of carbonyl (C=O) groups is 1. The van der Waals surface area contributed by atoms with E-state index in [0.717, 1.165) is 12.8 Å². The highest BCUT2D eigenvalue weighted by atomic mass is 16.9. The Labute approximate surface area is 94.0 Å². The summed E-state index contributed by atoms with van der Waals surface area (Å²) in [5.74, 6) is -0.816. The minimum Gasteiger partial charge on any atom is -0.458 e. The molecule has 0 aromatic heterocycles. The maximum atomic E-state index is 11.3. The van der Waals surface area contributed by atoms with Gasteiger partial charge in [-0.1, -0.05) is 19.8 Å². The largest absolute Gasteiger partial charge is 0.458 e. The molecule has 0 saturated heterocycles. The SMILES string of the molecule is CCCCC1O[N+]([O-])=C(C(=O)OCC)C1O. The number of hydrogen-bond donors (Lipinski definition) is 1. The Bertz CT molecular complexity index is 289. The highest BCUT2D eigenvalue weighted by Gasteiger charge is 2.44. The Morgan fingerprint density at radius 2 is 2.31 bits per heavy atom. The van der Waals surface area contributed by atoms with E-state index >= 15 is 0 Å². The molecule has 1 aliphatic heterocycles. The van der Waals surface area contributed by atoms with Gasteiger partial charge in [0.15, 0.2) is 6.10 Å². The summed E-state index contributed by atoms with van der Waals surface area (Å²) in [7, 11) is 0. The third-order valence-corrected chi connectivity index (χ3v) is 2.39. The molecule has 1 heterocycles. The lowest BCUT2D eigenvalue weighted by atomic mass is 10.0. The summed E-state index contributed by atoms with van der Waals surface area (Å²) in [5, 5.41) is 21.0. The zero-order valence-electron chi connectivity index (χ0n) is 9.51. The summed E-state index contributed by atoms with van der Waals surface area (Å²) in [6, 6.07) is 0. The molecule has 1 N–H and O–H groups in total. The molecule has 0 aromatic rings. The van der Waals surface area contributed by atoms with Crippen molar-refractivity contribution in [2.24, 2.45) is 0 Å². The molecule has 2 unspecified atom stereocenters. The predicted octanol–water partition coefficient (Wildman–Crippen LogP) is 0.366. The van der Waals surface area contributed by atoms with Crippen LogP contribution in [0.2, 0.25) is 0 Å². The van der Waals surface area contributed by atoms with Gasteiger partial charge in [0.25, 0.3) is 0 Å². The highest BCUT2D eigenvalue weighted by Crippen LogP contribution is 2.17. The molecular weight excluding hydrogens is 214 g/mol. The van der Waals surface area contributed by atoms with E-state index in [1.54, 1.807) is 6.92 Å². The molecule has 6 nitrogen and oxygen atoms in total. The van der Waals surface area contributed by atoms with Gasteiger partial charge < -0.3 is 14.7 Å². The van der Waals surface area contributed by atoms with Gasteiger partial charge in [-0.25, -0.2) is 4.79 Å². The molecule has 0 spiro atoms. The van der Waals surface area contributed by atoms with Crippen LogP contribution in [-0.2, 0) is 14.4 Å². The first-order chi connectivity index (χ1) is 7.61. The molecule has 2 atom stereocenters. The molecule has 0 aliphatic carbocycles. The van der Waals surface area contributed by atoms with Crippen LogP contribution in [-0.4, -0.2) is 40.5 Å². The maximum Gasteiger partial charge on any atom is 0.408 e. The predicted molar refractivity (Wildman–Crippen MR) is 55.7 cm³/mol. The third kappa shape index (κ3) is 2.63. The van der Waals surface area contributed by atoms with Crippen molar-refractivity contribution in [1.82, 2.24) is 0 Å². The van der Waals surface area contributed by atoms with Crippen LogP contribution in [0.3, 0.4) is 0 Å². The molecular formula is C10H17NO5. The smallest absolute Gasteiger partial charge is 0.408 e. The lowest BCUT2D eigenvalue weighted by molar-refractivity contribution is -0.740. The Morgan fingerprint density at radius 3 is 2.88 bits per heavy atom. The molecule has 0 saturated carbocycles. The van der Waals surface area contributed by atoms with Crippen molar-refractivity contribution in [3.05, 3.63) is 5.21 Å². The van der Waals surface area contributed by atoms with Gasteiger partial charge in [-0.05, 0) is 13.3 Å². The van der Waals surface area contributed by atoms with Gasteiger partial charge in [0.05, 0.1) is 11.5 Å². The van der Waals surface area contributed by atoms with Gasteiger partial charge in [-0.15, -0.1) is 0 Å². The molecule has 0 radical (unpaired) electrons. The number of unbranched alkanes of at least 4 members (excludes halogenated alkanes) is 1. The molecule has 1 rings (SSSR count). The average molecular weight is 231 g/mol. The first-order valence-electron chi connectivity index (χ1n) is 5.47. The van der Waals surface area contributed by atoms with Gasteiger partial charge in [0.2, 0.25) is 0 Å². The summed E-state index contributed by atoms with van der Waals surface area (Å²) in [6.45, 7) is 3.78. The molecule has 0 aromatic carbocycles. The van der Waals surface area contributed by atoms with E-state index in [9.17, 15) is 15.1 Å². The Hall–Kier alpha value is -1.30. The molecule has 0 fully saturated rings. The molecule has 0 amide bonds. The van der Waals surface area contributed by atoms with Crippen LogP contribution in [0.4, 0.5) is 0 Å². The van der Waals surface area contributed by atoms with Crippen molar-refractivity contribution in [2.75, 3.05) is 6.61 Å². The average Bonchev–Trinajstić information content (AvgIpc) is 2.51. The zero-order valence-corrected chi connectivity index (χ0v) is 9.51. The normalized spacial score (nSPS) is 24.4. The van der Waals surface area contributed by atoms with Crippen LogP contribution in [0.15, 0.2) is 0 Å². The van der Waals surface area contributed by atoms with Crippen LogP contribution in [0.5, 0.6) is 0 Å². The third-order valence-electron chi connectivity index (χ3n) is 2.39. The van der Waals surface area contributed by atoms with E-state index in [-0.39, 0.29) is 17.2 Å². The standard InChI is InChI=1S/C10H17NO5/c1-3-5-6-7-9(12)8(11(14)16-7)10(13)15-4-2/h7,9,12H,3-6H2,1-2H3. The van der Waals surface area contributed by atoms with Gasteiger partial charge in [-0.2, -0.15) is 0 Å². The van der Waals surface area contributed by atoms with E-state index in [1.807, 2.05) is 6.92 Å². The molecule has 0 bridgehead atoms. The Morgan fingerprint density at radius 1 is 1.62 bits per heavy atom. The number of ether oxygens (including phenoxy) is 1. The minimum absolute atomic E-state index is 0.0724. The van der Waals surface area contributed by atoms with Crippen molar-refractivity contribution in [3.8, 4) is 0 Å². The quantitative estimate of drug-likeness (QED) is 0.546. The van der Waals surface area contributed by atoms with Crippen molar-refractivity contribution in [1.29, 1.82) is 0 Å². The van der Waals surface area contributed by atoms with Gasteiger partial charge in [0.1, 0.15) is 6.10 Å². The van der Waals surface area contributed by atoms with E-state index in [2.05, 4.69) is 4.74 Å². The summed E-state index contributed by atoms with van der Waals surface area (Å²) in [5.41, 5.74) is -0.358. The van der Waals surface area contributed by atoms with E-state index in [0.29, 0.717) is 6.42 Å². The number of aliphatic hydroxyl groups is 1. The first-order valence-corrected chi connectivity index (χ1v) is 5.47. The van der Waals surface area contributed by atoms with Gasteiger partial charge in [0, 0.05) is 0 Å². The molecule has 16 heavy (non-hydrogen) atoms. The van der Waals surface area contributed by atoms with Crippen LogP contribution in [0, 0.1) is 5.21 Å². The minimum atomic E-state index is -1.19. The van der Waals surface area contributed by atoms with Crippen LogP contribution in [0.1, 0.15) is 33.1 Å². The van der Waals surface area contributed by atoms with E-state index in [4.69, 9.17) is 4.84 Å². The van der Waals surface area contributed by atoms with Crippen molar-refractivity contribution in [3.63, 3.8) is 0 Å². The van der Waals surface area contributed by atoms with Gasteiger partial charge in [-0.3, -0.25) is 5.21 Å². The lowest BCUT2D eigenvalue weighted by Crippen LogP contribution is -2.35. The van der Waals surface area contributed by atoms with Crippen molar-refractivity contribution in [2.45, 2.75) is 45.3 Å². The second-order valence-electron chi connectivity index (χ2n) is 3.59. The Kier molecular flexibility index (Phi) is 4.54. The van der Waals surface area contributed by atoms with E-state index in [1.165, 1.54) is 0 Å². The van der Waals surface area contributed by atoms with Crippen LogP contribution < -0.4 is 0 Å². The highest BCUT2D eigenvalue weighted by molar-refractivity contribution is 6.36. The number of hydrogen-bond acceptors (Lipinski definition) is 5.